The maximum absolute atomic E-state index is 11.9. The standard InChI is InChI=1S/C15H14BrN5O3/c16-9-8-21(15(24)20-14(9)23)6-5-13(22)17-7-12-18-10-3-1-2-4-11(10)19-12/h1-4,8H,5-7H2,(H,17,22)(H,18,19)(H,20,23,24). The fraction of sp³-hybridized carbons (Fsp3) is 0.200. The molecule has 1 aromatic carbocycles. The molecule has 0 bridgehead atoms. The van der Waals surface area contributed by atoms with Gasteiger partial charge in [-0.1, -0.05) is 12.1 Å². The predicted molar refractivity (Wildman–Crippen MR) is 91.6 cm³/mol. The molecule has 2 aromatic heterocycles. The van der Waals surface area contributed by atoms with E-state index in [1.165, 1.54) is 10.8 Å². The number of rotatable bonds is 5. The second-order valence-electron chi connectivity index (χ2n) is 5.16. The van der Waals surface area contributed by atoms with Gasteiger partial charge in [-0.3, -0.25) is 19.1 Å². The van der Waals surface area contributed by atoms with Crippen LogP contribution in [0.1, 0.15) is 12.2 Å². The number of nitrogens with one attached hydrogen (secondary N) is 3. The lowest BCUT2D eigenvalue weighted by Crippen LogP contribution is -2.32. The number of nitrogens with zero attached hydrogens (tertiary/aromatic N) is 2. The van der Waals surface area contributed by atoms with Crippen LogP contribution < -0.4 is 16.6 Å². The SMILES string of the molecule is O=C(CCn1cc(Br)c(=O)[nH]c1=O)NCc1nc2ccccc2[nH]1. The molecular formula is C15H14BrN5O3. The molecule has 0 aliphatic heterocycles. The van der Waals surface area contributed by atoms with E-state index in [2.05, 4.69) is 36.2 Å². The number of halogens is 1. The predicted octanol–water partition coefficient (Wildman–Crippen LogP) is 0.882. The summed E-state index contributed by atoms with van der Waals surface area (Å²) in [5.74, 6) is 0.443. The van der Waals surface area contributed by atoms with Gasteiger partial charge in [-0.2, -0.15) is 0 Å². The molecule has 1 amide bonds. The number of carbonyl (C=O) groups excluding carboxylic acids is 1. The minimum absolute atomic E-state index is 0.110. The second kappa shape index (κ2) is 6.83. The zero-order valence-corrected chi connectivity index (χ0v) is 14.1. The number of benzene rings is 1. The van der Waals surface area contributed by atoms with Crippen LogP contribution >= 0.6 is 15.9 Å². The van der Waals surface area contributed by atoms with E-state index in [0.29, 0.717) is 5.82 Å². The van der Waals surface area contributed by atoms with Crippen molar-refractivity contribution in [3.05, 3.63) is 61.6 Å². The Bertz CT molecular complexity index is 971. The molecule has 3 rings (SSSR count). The Hall–Kier alpha value is -2.68. The first-order valence-electron chi connectivity index (χ1n) is 7.22. The molecule has 8 nitrogen and oxygen atoms in total. The Morgan fingerprint density at radius 3 is 2.83 bits per heavy atom. The zero-order chi connectivity index (χ0) is 17.1. The van der Waals surface area contributed by atoms with Gasteiger partial charge in [0.2, 0.25) is 5.91 Å². The molecule has 0 fully saturated rings. The van der Waals surface area contributed by atoms with Crippen molar-refractivity contribution < 1.29 is 4.79 Å². The van der Waals surface area contributed by atoms with Crippen molar-refractivity contribution in [1.82, 2.24) is 24.8 Å². The van der Waals surface area contributed by atoms with Gasteiger partial charge in [0.15, 0.2) is 0 Å². The fourth-order valence-electron chi connectivity index (χ4n) is 2.23. The second-order valence-corrected chi connectivity index (χ2v) is 6.01. The van der Waals surface area contributed by atoms with Crippen LogP contribution in [0.5, 0.6) is 0 Å². The summed E-state index contributed by atoms with van der Waals surface area (Å²) in [6.45, 7) is 0.442. The molecule has 0 radical (unpaired) electrons. The third kappa shape index (κ3) is 3.62. The Labute approximate surface area is 144 Å². The van der Waals surface area contributed by atoms with Crippen LogP contribution in [0.25, 0.3) is 11.0 Å². The summed E-state index contributed by atoms with van der Waals surface area (Å²) in [7, 11) is 0. The third-order valence-electron chi connectivity index (χ3n) is 3.44. The highest BCUT2D eigenvalue weighted by Crippen LogP contribution is 2.09. The molecule has 0 unspecified atom stereocenters. The van der Waals surface area contributed by atoms with Crippen molar-refractivity contribution in [2.45, 2.75) is 19.5 Å². The molecule has 24 heavy (non-hydrogen) atoms. The summed E-state index contributed by atoms with van der Waals surface area (Å²) in [6, 6.07) is 7.60. The molecule has 3 aromatic rings. The van der Waals surface area contributed by atoms with E-state index >= 15 is 0 Å². The first kappa shape index (κ1) is 16.2. The summed E-state index contributed by atoms with van der Waals surface area (Å²) in [6.07, 6.45) is 1.48. The lowest BCUT2D eigenvalue weighted by molar-refractivity contribution is -0.121. The number of aryl methyl sites for hydroxylation is 1. The van der Waals surface area contributed by atoms with Gasteiger partial charge in [-0.05, 0) is 28.1 Å². The molecule has 0 aliphatic rings. The minimum atomic E-state index is -0.548. The van der Waals surface area contributed by atoms with E-state index < -0.39 is 11.2 Å². The molecular weight excluding hydrogens is 378 g/mol. The minimum Gasteiger partial charge on any atom is -0.349 e. The molecule has 0 saturated carbocycles. The van der Waals surface area contributed by atoms with Gasteiger partial charge >= 0.3 is 5.69 Å². The Kier molecular flexibility index (Phi) is 4.61. The van der Waals surface area contributed by atoms with E-state index in [-0.39, 0.29) is 29.9 Å². The van der Waals surface area contributed by atoms with E-state index in [1.54, 1.807) is 0 Å². The van der Waals surface area contributed by atoms with Crippen LogP contribution in [0, 0.1) is 0 Å². The number of para-hydroxylation sites is 2. The molecule has 2 heterocycles. The van der Waals surface area contributed by atoms with Crippen LogP contribution in [-0.4, -0.2) is 25.4 Å². The molecule has 3 N–H and O–H groups in total. The average Bonchev–Trinajstić information content (AvgIpc) is 2.98. The van der Waals surface area contributed by atoms with Gasteiger partial charge in [0.1, 0.15) is 5.82 Å². The van der Waals surface area contributed by atoms with Gasteiger partial charge in [0, 0.05) is 19.2 Å². The van der Waals surface area contributed by atoms with Crippen molar-refractivity contribution in [2.24, 2.45) is 0 Å². The lowest BCUT2D eigenvalue weighted by atomic mass is 10.3. The molecule has 0 atom stereocenters. The summed E-state index contributed by atoms with van der Waals surface area (Å²) < 4.78 is 1.51. The van der Waals surface area contributed by atoms with Crippen molar-refractivity contribution in [1.29, 1.82) is 0 Å². The topological polar surface area (TPSA) is 113 Å². The quantitative estimate of drug-likeness (QED) is 0.598. The monoisotopic (exact) mass is 391 g/mol. The number of hydrogen-bond donors (Lipinski definition) is 3. The van der Waals surface area contributed by atoms with Crippen LogP contribution in [0.15, 0.2) is 44.5 Å². The number of hydrogen-bond acceptors (Lipinski definition) is 4. The zero-order valence-electron chi connectivity index (χ0n) is 12.5. The van der Waals surface area contributed by atoms with Gasteiger partial charge < -0.3 is 10.3 Å². The van der Waals surface area contributed by atoms with Crippen molar-refractivity contribution in [3.63, 3.8) is 0 Å². The summed E-state index contributed by atoms with van der Waals surface area (Å²) in [5.41, 5.74) is 0.705. The van der Waals surface area contributed by atoms with Crippen LogP contribution in [0.2, 0.25) is 0 Å². The van der Waals surface area contributed by atoms with Gasteiger partial charge in [0.25, 0.3) is 5.56 Å². The Balaban J connectivity index is 1.57. The van der Waals surface area contributed by atoms with E-state index in [0.717, 1.165) is 11.0 Å². The van der Waals surface area contributed by atoms with Gasteiger partial charge in [0.05, 0.1) is 22.1 Å². The molecule has 0 spiro atoms. The highest BCUT2D eigenvalue weighted by Gasteiger charge is 2.07. The average molecular weight is 392 g/mol. The number of aromatic amines is 2. The lowest BCUT2D eigenvalue weighted by Gasteiger charge is -2.06. The Morgan fingerprint density at radius 2 is 2.04 bits per heavy atom. The van der Waals surface area contributed by atoms with E-state index in [9.17, 15) is 14.4 Å². The smallest absolute Gasteiger partial charge is 0.328 e. The maximum Gasteiger partial charge on any atom is 0.328 e. The number of imidazole rings is 1. The number of aromatic nitrogens is 4. The first-order chi connectivity index (χ1) is 11.5. The maximum atomic E-state index is 11.9. The summed E-state index contributed by atoms with van der Waals surface area (Å²) >= 11 is 3.05. The van der Waals surface area contributed by atoms with Crippen molar-refractivity contribution in [2.75, 3.05) is 0 Å². The fourth-order valence-corrected chi connectivity index (χ4v) is 2.58. The highest BCUT2D eigenvalue weighted by atomic mass is 79.9. The number of amides is 1. The van der Waals surface area contributed by atoms with Crippen LogP contribution in [0.4, 0.5) is 0 Å². The van der Waals surface area contributed by atoms with Crippen LogP contribution in [-0.2, 0) is 17.9 Å². The Morgan fingerprint density at radius 1 is 1.25 bits per heavy atom. The van der Waals surface area contributed by atoms with Crippen molar-refractivity contribution >= 4 is 32.9 Å². The largest absolute Gasteiger partial charge is 0.349 e. The highest BCUT2D eigenvalue weighted by molar-refractivity contribution is 9.10. The van der Waals surface area contributed by atoms with Crippen molar-refractivity contribution in [3.8, 4) is 0 Å². The molecule has 124 valence electrons. The molecule has 0 saturated heterocycles. The molecule has 9 heteroatoms. The van der Waals surface area contributed by atoms with Gasteiger partial charge in [-0.15, -0.1) is 0 Å². The third-order valence-corrected chi connectivity index (χ3v) is 4.00. The van der Waals surface area contributed by atoms with Crippen LogP contribution in [0.3, 0.4) is 0 Å². The van der Waals surface area contributed by atoms with Gasteiger partial charge in [-0.25, -0.2) is 9.78 Å². The number of fused-ring (bicyclic) bond motifs is 1. The summed E-state index contributed by atoms with van der Waals surface area (Å²) in [5, 5.41) is 2.74. The number of carbonyl (C=O) groups is 1. The van der Waals surface area contributed by atoms with E-state index in [4.69, 9.17) is 0 Å². The summed E-state index contributed by atoms with van der Waals surface area (Å²) in [4.78, 5) is 44.4. The van der Waals surface area contributed by atoms with E-state index in [1.807, 2.05) is 24.3 Å². The molecule has 0 aliphatic carbocycles. The number of H-pyrrole nitrogens is 2. The first-order valence-corrected chi connectivity index (χ1v) is 8.02. The normalized spacial score (nSPS) is 10.9.